The van der Waals surface area contributed by atoms with Gasteiger partial charge in [0.25, 0.3) is 0 Å². The average Bonchev–Trinajstić information content (AvgIpc) is 2.17. The lowest BCUT2D eigenvalue weighted by atomic mass is 9.87. The number of rotatable bonds is 3. The molecule has 0 N–H and O–H groups in total. The Hall–Kier alpha value is 0.210. The van der Waals surface area contributed by atoms with Gasteiger partial charge in [0.1, 0.15) is 0 Å². The van der Waals surface area contributed by atoms with Gasteiger partial charge < -0.3 is 4.74 Å². The van der Waals surface area contributed by atoms with Crippen LogP contribution in [0.5, 0.6) is 0 Å². The molecule has 3 heteroatoms. The van der Waals surface area contributed by atoms with Crippen LogP contribution in [0.4, 0.5) is 0 Å². The Morgan fingerprint density at radius 2 is 2.00 bits per heavy atom. The molecule has 1 heterocycles. The first kappa shape index (κ1) is 10.7. The van der Waals surface area contributed by atoms with Gasteiger partial charge in [-0.2, -0.15) is 0 Å². The fourth-order valence-electron chi connectivity index (χ4n) is 2.75. The second-order valence-electron chi connectivity index (χ2n) is 4.60. The molecule has 0 aromatic rings. The van der Waals surface area contributed by atoms with Crippen LogP contribution in [0.25, 0.3) is 0 Å². The SMILES string of the molecule is COC1CCCCC1N1CC(CCl)C1. The summed E-state index contributed by atoms with van der Waals surface area (Å²) in [5.74, 6) is 1.55. The Morgan fingerprint density at radius 1 is 1.29 bits per heavy atom. The topological polar surface area (TPSA) is 12.5 Å². The van der Waals surface area contributed by atoms with E-state index in [1.807, 2.05) is 7.11 Å². The summed E-state index contributed by atoms with van der Waals surface area (Å²) in [6, 6.07) is 0.674. The highest BCUT2D eigenvalue weighted by molar-refractivity contribution is 6.18. The van der Waals surface area contributed by atoms with Crippen molar-refractivity contribution in [2.75, 3.05) is 26.1 Å². The van der Waals surface area contributed by atoms with E-state index in [4.69, 9.17) is 16.3 Å². The smallest absolute Gasteiger partial charge is 0.0726 e. The lowest BCUT2D eigenvalue weighted by Crippen LogP contribution is -2.57. The number of ether oxygens (including phenoxy) is 1. The number of hydrogen-bond donors (Lipinski definition) is 0. The van der Waals surface area contributed by atoms with E-state index in [-0.39, 0.29) is 0 Å². The third-order valence-electron chi connectivity index (χ3n) is 3.64. The van der Waals surface area contributed by atoms with Crippen LogP contribution < -0.4 is 0 Å². The first-order valence-electron chi connectivity index (χ1n) is 5.68. The molecule has 0 aromatic heterocycles. The van der Waals surface area contributed by atoms with E-state index in [2.05, 4.69) is 4.90 Å². The molecule has 0 radical (unpaired) electrons. The van der Waals surface area contributed by atoms with Crippen LogP contribution in [0.1, 0.15) is 25.7 Å². The van der Waals surface area contributed by atoms with Crippen molar-refractivity contribution in [3.05, 3.63) is 0 Å². The minimum Gasteiger partial charge on any atom is -0.380 e. The molecule has 1 aliphatic carbocycles. The third-order valence-corrected chi connectivity index (χ3v) is 4.08. The van der Waals surface area contributed by atoms with E-state index in [1.165, 1.54) is 38.8 Å². The van der Waals surface area contributed by atoms with E-state index in [0.717, 1.165) is 11.8 Å². The molecule has 0 aromatic carbocycles. The lowest BCUT2D eigenvalue weighted by molar-refractivity contribution is -0.0497. The zero-order valence-corrected chi connectivity index (χ0v) is 9.67. The van der Waals surface area contributed by atoms with Crippen LogP contribution in [0.3, 0.4) is 0 Å². The first-order chi connectivity index (χ1) is 6.85. The lowest BCUT2D eigenvalue weighted by Gasteiger charge is -2.47. The van der Waals surface area contributed by atoms with Crippen molar-refractivity contribution >= 4 is 11.6 Å². The Kier molecular flexibility index (Phi) is 3.69. The van der Waals surface area contributed by atoms with Crippen molar-refractivity contribution in [3.8, 4) is 0 Å². The van der Waals surface area contributed by atoms with Gasteiger partial charge in [0.15, 0.2) is 0 Å². The number of hydrogen-bond acceptors (Lipinski definition) is 2. The zero-order valence-electron chi connectivity index (χ0n) is 8.92. The van der Waals surface area contributed by atoms with Crippen molar-refractivity contribution in [1.29, 1.82) is 0 Å². The van der Waals surface area contributed by atoms with Crippen LogP contribution in [0.2, 0.25) is 0 Å². The number of nitrogens with zero attached hydrogens (tertiary/aromatic N) is 1. The molecule has 2 nitrogen and oxygen atoms in total. The summed E-state index contributed by atoms with van der Waals surface area (Å²) >= 11 is 5.82. The zero-order chi connectivity index (χ0) is 9.97. The van der Waals surface area contributed by atoms with E-state index < -0.39 is 0 Å². The molecule has 2 fully saturated rings. The number of alkyl halides is 1. The highest BCUT2D eigenvalue weighted by Gasteiger charge is 2.37. The quantitative estimate of drug-likeness (QED) is 0.672. The summed E-state index contributed by atoms with van der Waals surface area (Å²) in [7, 11) is 1.85. The second kappa shape index (κ2) is 4.82. The molecule has 2 unspecified atom stereocenters. The van der Waals surface area contributed by atoms with E-state index in [1.54, 1.807) is 0 Å². The van der Waals surface area contributed by atoms with Crippen molar-refractivity contribution < 1.29 is 4.74 Å². The predicted molar refractivity (Wildman–Crippen MR) is 58.8 cm³/mol. The highest BCUT2D eigenvalue weighted by atomic mass is 35.5. The van der Waals surface area contributed by atoms with Crippen molar-refractivity contribution in [1.82, 2.24) is 4.90 Å². The average molecular weight is 218 g/mol. The van der Waals surface area contributed by atoms with Gasteiger partial charge in [-0.25, -0.2) is 0 Å². The Labute approximate surface area is 91.6 Å². The van der Waals surface area contributed by atoms with Gasteiger partial charge in [-0.1, -0.05) is 12.8 Å². The summed E-state index contributed by atoms with van der Waals surface area (Å²) < 4.78 is 5.55. The van der Waals surface area contributed by atoms with Crippen molar-refractivity contribution in [2.45, 2.75) is 37.8 Å². The summed E-state index contributed by atoms with van der Waals surface area (Å²) in [5.41, 5.74) is 0. The van der Waals surface area contributed by atoms with Gasteiger partial charge in [-0.3, -0.25) is 4.90 Å². The fourth-order valence-corrected chi connectivity index (χ4v) is 2.94. The predicted octanol–water partition coefficient (Wildman–Crippen LogP) is 2.11. The third kappa shape index (κ3) is 2.07. The minimum atomic E-state index is 0.472. The van der Waals surface area contributed by atoms with Crippen LogP contribution in [-0.2, 0) is 4.74 Å². The second-order valence-corrected chi connectivity index (χ2v) is 4.91. The molecule has 2 atom stereocenters. The highest BCUT2D eigenvalue weighted by Crippen LogP contribution is 2.30. The molecule has 14 heavy (non-hydrogen) atoms. The van der Waals surface area contributed by atoms with Gasteiger partial charge in [0.2, 0.25) is 0 Å². The van der Waals surface area contributed by atoms with Gasteiger partial charge in [0, 0.05) is 32.1 Å². The van der Waals surface area contributed by atoms with Gasteiger partial charge in [-0.15, -0.1) is 11.6 Å². The molecular weight excluding hydrogens is 198 g/mol. The standard InChI is InChI=1S/C11H20ClNO/c1-14-11-5-3-2-4-10(11)13-7-9(6-12)8-13/h9-11H,2-8H2,1H3. The van der Waals surface area contributed by atoms with E-state index in [9.17, 15) is 0 Å². The normalized spacial score (nSPS) is 35.6. The first-order valence-corrected chi connectivity index (χ1v) is 6.21. The Balaban J connectivity index is 1.83. The van der Waals surface area contributed by atoms with Gasteiger partial charge in [0.05, 0.1) is 6.10 Å². The molecular formula is C11H20ClNO. The van der Waals surface area contributed by atoms with Gasteiger partial charge in [-0.05, 0) is 18.8 Å². The molecule has 1 aliphatic heterocycles. The molecule has 2 aliphatic rings. The molecule has 1 saturated carbocycles. The molecule has 1 saturated heterocycles. The largest absolute Gasteiger partial charge is 0.380 e. The van der Waals surface area contributed by atoms with Crippen LogP contribution in [0, 0.1) is 5.92 Å². The van der Waals surface area contributed by atoms with Crippen molar-refractivity contribution in [2.24, 2.45) is 5.92 Å². The van der Waals surface area contributed by atoms with Gasteiger partial charge >= 0.3 is 0 Å². The minimum absolute atomic E-state index is 0.472. The molecule has 0 spiro atoms. The maximum atomic E-state index is 5.82. The molecule has 0 bridgehead atoms. The van der Waals surface area contributed by atoms with Crippen LogP contribution in [0.15, 0.2) is 0 Å². The molecule has 2 rings (SSSR count). The summed E-state index contributed by atoms with van der Waals surface area (Å²) in [6.45, 7) is 2.38. The fraction of sp³-hybridized carbons (Fsp3) is 1.00. The summed E-state index contributed by atoms with van der Waals surface area (Å²) in [6.07, 6.45) is 5.73. The van der Waals surface area contributed by atoms with Crippen LogP contribution >= 0.6 is 11.6 Å². The van der Waals surface area contributed by atoms with E-state index >= 15 is 0 Å². The number of likely N-dealkylation sites (tertiary alicyclic amines) is 1. The van der Waals surface area contributed by atoms with Crippen LogP contribution in [-0.4, -0.2) is 43.1 Å². The number of methoxy groups -OCH3 is 1. The van der Waals surface area contributed by atoms with E-state index in [0.29, 0.717) is 12.1 Å². The Bertz CT molecular complexity index is 182. The molecule has 0 amide bonds. The van der Waals surface area contributed by atoms with Crippen molar-refractivity contribution in [3.63, 3.8) is 0 Å². The maximum absolute atomic E-state index is 5.82. The summed E-state index contributed by atoms with van der Waals surface area (Å²) in [5, 5.41) is 0. The Morgan fingerprint density at radius 3 is 2.64 bits per heavy atom. The number of halogens is 1. The summed E-state index contributed by atoms with van der Waals surface area (Å²) in [4.78, 5) is 2.56. The maximum Gasteiger partial charge on any atom is 0.0726 e. The molecule has 82 valence electrons. The monoisotopic (exact) mass is 217 g/mol.